The highest BCUT2D eigenvalue weighted by Crippen LogP contribution is 2.44. The van der Waals surface area contributed by atoms with Crippen LogP contribution in [0.3, 0.4) is 0 Å². The molecule has 4 rings (SSSR count). The van der Waals surface area contributed by atoms with Crippen LogP contribution in [0, 0.1) is 0 Å². The van der Waals surface area contributed by atoms with Gasteiger partial charge in [0.15, 0.2) is 0 Å². The minimum atomic E-state index is -0.167. The summed E-state index contributed by atoms with van der Waals surface area (Å²) in [5.74, 6) is 0.419. The number of anilines is 1. The normalized spacial score (nSPS) is 16.9. The van der Waals surface area contributed by atoms with Crippen LogP contribution in [0.15, 0.2) is 77.9 Å². The molecule has 3 aromatic rings. The zero-order valence-corrected chi connectivity index (χ0v) is 20.1. The van der Waals surface area contributed by atoms with E-state index in [4.69, 9.17) is 5.10 Å². The first-order chi connectivity index (χ1) is 15.1. The highest BCUT2D eigenvalue weighted by Gasteiger charge is 2.33. The second-order valence-corrected chi connectivity index (χ2v) is 10.8. The molecule has 0 aromatic heterocycles. The molecule has 0 aliphatic carbocycles. The molecule has 3 nitrogen and oxygen atoms in total. The molecule has 3 heteroatoms. The van der Waals surface area contributed by atoms with E-state index in [1.54, 1.807) is 0 Å². The Balaban J connectivity index is 1.87. The molecule has 1 atom stereocenters. The molecule has 0 amide bonds. The zero-order chi connectivity index (χ0) is 23.1. The van der Waals surface area contributed by atoms with Gasteiger partial charge in [0.1, 0.15) is 5.75 Å². The standard InChI is InChI=1S/C29H34N2O/c1-28(2,3)23-17-21(18-24(27(23)32)29(4,5)6)26-19-25(20-13-9-7-10-14-20)30-31(26)22-15-11-8-12-16-22/h7-18,26,32H,19H2,1-6H3/t26-/m0/s1. The first-order valence-electron chi connectivity index (χ1n) is 11.4. The first-order valence-corrected chi connectivity index (χ1v) is 11.4. The van der Waals surface area contributed by atoms with Crippen molar-refractivity contribution in [2.24, 2.45) is 5.10 Å². The number of phenolic OH excluding ortho intramolecular Hbond substituents is 1. The van der Waals surface area contributed by atoms with E-state index in [1.165, 1.54) is 5.56 Å². The summed E-state index contributed by atoms with van der Waals surface area (Å²) in [4.78, 5) is 0. The van der Waals surface area contributed by atoms with Crippen molar-refractivity contribution in [1.82, 2.24) is 0 Å². The molecule has 1 aliphatic rings. The van der Waals surface area contributed by atoms with Crippen LogP contribution in [0.1, 0.15) is 76.3 Å². The summed E-state index contributed by atoms with van der Waals surface area (Å²) in [5.41, 5.74) is 6.15. The van der Waals surface area contributed by atoms with Crippen molar-refractivity contribution in [3.8, 4) is 5.75 Å². The van der Waals surface area contributed by atoms with Crippen molar-refractivity contribution in [2.45, 2.75) is 64.8 Å². The van der Waals surface area contributed by atoms with Crippen LogP contribution < -0.4 is 5.01 Å². The third kappa shape index (κ3) is 4.29. The molecule has 0 fully saturated rings. The predicted octanol–water partition coefficient (Wildman–Crippen LogP) is 7.34. The summed E-state index contributed by atoms with van der Waals surface area (Å²) in [5, 5.41) is 18.4. The summed E-state index contributed by atoms with van der Waals surface area (Å²) in [6, 6.07) is 25.2. The van der Waals surface area contributed by atoms with E-state index < -0.39 is 0 Å². The van der Waals surface area contributed by atoms with E-state index in [-0.39, 0.29) is 16.9 Å². The van der Waals surface area contributed by atoms with Crippen molar-refractivity contribution in [1.29, 1.82) is 0 Å². The smallest absolute Gasteiger partial charge is 0.123 e. The van der Waals surface area contributed by atoms with Gasteiger partial charge in [-0.3, -0.25) is 5.01 Å². The highest BCUT2D eigenvalue weighted by atomic mass is 16.3. The lowest BCUT2D eigenvalue weighted by Gasteiger charge is -2.31. The Morgan fingerprint density at radius 1 is 0.781 bits per heavy atom. The maximum absolute atomic E-state index is 11.2. The number of hydrazone groups is 1. The van der Waals surface area contributed by atoms with Gasteiger partial charge in [0.25, 0.3) is 0 Å². The summed E-state index contributed by atoms with van der Waals surface area (Å²) >= 11 is 0. The fourth-order valence-electron chi connectivity index (χ4n) is 4.39. The van der Waals surface area contributed by atoms with Gasteiger partial charge < -0.3 is 5.11 Å². The van der Waals surface area contributed by atoms with Crippen LogP contribution in [0.5, 0.6) is 5.75 Å². The Bertz CT molecular complexity index is 1080. The highest BCUT2D eigenvalue weighted by molar-refractivity contribution is 6.03. The first kappa shape index (κ1) is 22.1. The Hall–Kier alpha value is -3.07. The molecule has 0 unspecified atom stereocenters. The molecule has 1 aliphatic heterocycles. The van der Waals surface area contributed by atoms with Gasteiger partial charge in [-0.05, 0) is 57.3 Å². The Morgan fingerprint density at radius 2 is 1.28 bits per heavy atom. The molecule has 0 bridgehead atoms. The number of rotatable bonds is 3. The van der Waals surface area contributed by atoms with E-state index >= 15 is 0 Å². The molecule has 0 spiro atoms. The van der Waals surface area contributed by atoms with Gasteiger partial charge in [-0.25, -0.2) is 0 Å². The molecule has 0 saturated heterocycles. The van der Waals surface area contributed by atoms with Crippen LogP contribution in [0.4, 0.5) is 5.69 Å². The summed E-state index contributed by atoms with van der Waals surface area (Å²) in [6.45, 7) is 13.0. The van der Waals surface area contributed by atoms with Gasteiger partial charge in [0, 0.05) is 6.42 Å². The molecule has 0 saturated carbocycles. The minimum Gasteiger partial charge on any atom is -0.507 e. The van der Waals surface area contributed by atoms with E-state index in [0.717, 1.165) is 34.5 Å². The number of para-hydroxylation sites is 1. The van der Waals surface area contributed by atoms with Crippen molar-refractivity contribution in [3.05, 3.63) is 95.1 Å². The molecule has 1 heterocycles. The fraction of sp³-hybridized carbons (Fsp3) is 0.345. The molecular weight excluding hydrogens is 392 g/mol. The summed E-state index contributed by atoms with van der Waals surface area (Å²) < 4.78 is 0. The van der Waals surface area contributed by atoms with Crippen LogP contribution >= 0.6 is 0 Å². The lowest BCUT2D eigenvalue weighted by Crippen LogP contribution is -2.22. The predicted molar refractivity (Wildman–Crippen MR) is 135 cm³/mol. The quantitative estimate of drug-likeness (QED) is 0.475. The van der Waals surface area contributed by atoms with Crippen molar-refractivity contribution in [3.63, 3.8) is 0 Å². The maximum atomic E-state index is 11.2. The van der Waals surface area contributed by atoms with Crippen molar-refractivity contribution >= 4 is 11.4 Å². The van der Waals surface area contributed by atoms with Gasteiger partial charge in [0.05, 0.1) is 17.4 Å². The molecule has 32 heavy (non-hydrogen) atoms. The SMILES string of the molecule is CC(C)(C)c1cc([C@@H]2CC(c3ccccc3)=NN2c2ccccc2)cc(C(C)(C)C)c1O. The molecule has 0 radical (unpaired) electrons. The number of hydrogen-bond acceptors (Lipinski definition) is 3. The third-order valence-corrected chi connectivity index (χ3v) is 6.17. The summed E-state index contributed by atoms with van der Waals surface area (Å²) in [7, 11) is 0. The Kier molecular flexibility index (Phi) is 5.62. The number of nitrogens with zero attached hydrogens (tertiary/aromatic N) is 2. The lowest BCUT2D eigenvalue weighted by molar-refractivity contribution is 0.422. The van der Waals surface area contributed by atoms with Crippen molar-refractivity contribution in [2.75, 3.05) is 5.01 Å². The lowest BCUT2D eigenvalue weighted by atomic mass is 9.77. The van der Waals surface area contributed by atoms with Crippen LogP contribution in [-0.2, 0) is 10.8 Å². The van der Waals surface area contributed by atoms with Crippen LogP contribution in [0.2, 0.25) is 0 Å². The largest absolute Gasteiger partial charge is 0.507 e. The maximum Gasteiger partial charge on any atom is 0.123 e. The monoisotopic (exact) mass is 426 g/mol. The van der Waals surface area contributed by atoms with Gasteiger partial charge >= 0.3 is 0 Å². The number of hydrogen-bond donors (Lipinski definition) is 1. The van der Waals surface area contributed by atoms with Gasteiger partial charge in [0.2, 0.25) is 0 Å². The topological polar surface area (TPSA) is 35.8 Å². The van der Waals surface area contributed by atoms with E-state index in [9.17, 15) is 5.11 Å². The third-order valence-electron chi connectivity index (χ3n) is 6.17. The second-order valence-electron chi connectivity index (χ2n) is 10.8. The van der Waals surface area contributed by atoms with Crippen molar-refractivity contribution < 1.29 is 5.11 Å². The average molecular weight is 427 g/mol. The molecule has 3 aromatic carbocycles. The van der Waals surface area contributed by atoms with Gasteiger partial charge in [-0.2, -0.15) is 5.10 Å². The van der Waals surface area contributed by atoms with Crippen LogP contribution in [-0.4, -0.2) is 10.8 Å². The number of aromatic hydroxyl groups is 1. The van der Waals surface area contributed by atoms with Crippen LogP contribution in [0.25, 0.3) is 0 Å². The summed E-state index contributed by atoms with van der Waals surface area (Å²) in [6.07, 6.45) is 0.816. The molecular formula is C29H34N2O. The van der Waals surface area contributed by atoms with Gasteiger partial charge in [-0.1, -0.05) is 90.1 Å². The fourth-order valence-corrected chi connectivity index (χ4v) is 4.39. The zero-order valence-electron chi connectivity index (χ0n) is 20.1. The number of phenols is 1. The number of benzene rings is 3. The minimum absolute atomic E-state index is 0.0652. The Morgan fingerprint density at radius 3 is 1.78 bits per heavy atom. The van der Waals surface area contributed by atoms with E-state index in [2.05, 4.69) is 107 Å². The van der Waals surface area contributed by atoms with E-state index in [0.29, 0.717) is 5.75 Å². The molecule has 166 valence electrons. The molecule has 1 N–H and O–H groups in total. The Labute approximate surface area is 192 Å². The van der Waals surface area contributed by atoms with E-state index in [1.807, 2.05) is 12.1 Å². The average Bonchev–Trinajstić information content (AvgIpc) is 3.19. The van der Waals surface area contributed by atoms with Gasteiger partial charge in [-0.15, -0.1) is 0 Å². The second kappa shape index (κ2) is 8.12.